The molecule has 0 radical (unpaired) electrons. The molecule has 8 nitrogen and oxygen atoms in total. The summed E-state index contributed by atoms with van der Waals surface area (Å²) in [5.74, 6) is -1.40. The predicted molar refractivity (Wildman–Crippen MR) is 105 cm³/mol. The van der Waals surface area contributed by atoms with Crippen LogP contribution < -0.4 is 5.32 Å². The molecule has 0 unspecified atom stereocenters. The molecular formula is C19H18N2O6S. The third-order valence-electron chi connectivity index (χ3n) is 3.76. The Hall–Kier alpha value is -3.20. The van der Waals surface area contributed by atoms with Gasteiger partial charge in [0.15, 0.2) is 12.4 Å². The molecule has 0 saturated heterocycles. The fourth-order valence-corrected chi connectivity index (χ4v) is 2.79. The number of nitrogens with zero attached hydrogens (tertiary/aromatic N) is 1. The lowest BCUT2D eigenvalue weighted by Crippen LogP contribution is -2.15. The van der Waals surface area contributed by atoms with Crippen LogP contribution in [0.5, 0.6) is 0 Å². The van der Waals surface area contributed by atoms with E-state index in [1.165, 1.54) is 36.0 Å². The van der Waals surface area contributed by atoms with Crippen LogP contribution in [0.1, 0.15) is 34.1 Å². The van der Waals surface area contributed by atoms with Crippen molar-refractivity contribution in [2.75, 3.05) is 18.2 Å². The van der Waals surface area contributed by atoms with Crippen LogP contribution in [0.2, 0.25) is 0 Å². The molecule has 146 valence electrons. The van der Waals surface area contributed by atoms with Crippen molar-refractivity contribution in [2.45, 2.75) is 18.2 Å². The van der Waals surface area contributed by atoms with E-state index >= 15 is 0 Å². The summed E-state index contributed by atoms with van der Waals surface area (Å²) in [5.41, 5.74) is 0.667. The molecule has 9 heteroatoms. The van der Waals surface area contributed by atoms with Crippen LogP contribution in [-0.2, 0) is 9.53 Å². The van der Waals surface area contributed by atoms with Gasteiger partial charge in [-0.25, -0.2) is 4.79 Å². The van der Waals surface area contributed by atoms with Crippen molar-refractivity contribution in [3.8, 4) is 0 Å². The molecule has 0 bridgehead atoms. The summed E-state index contributed by atoms with van der Waals surface area (Å²) in [6.07, 6.45) is 2.03. The lowest BCUT2D eigenvalue weighted by atomic mass is 10.1. The van der Waals surface area contributed by atoms with E-state index in [4.69, 9.17) is 4.74 Å². The van der Waals surface area contributed by atoms with E-state index in [1.807, 2.05) is 0 Å². The van der Waals surface area contributed by atoms with Gasteiger partial charge in [0.1, 0.15) is 0 Å². The molecule has 0 aliphatic rings. The van der Waals surface area contributed by atoms with Crippen LogP contribution in [0.3, 0.4) is 0 Å². The topological polar surface area (TPSA) is 116 Å². The lowest BCUT2D eigenvalue weighted by molar-refractivity contribution is -0.387. The molecule has 1 N–H and O–H groups in total. The minimum atomic E-state index is -0.823. The van der Waals surface area contributed by atoms with Crippen molar-refractivity contribution < 1.29 is 24.0 Å². The van der Waals surface area contributed by atoms with Crippen molar-refractivity contribution in [3.05, 3.63) is 63.7 Å². The maximum Gasteiger partial charge on any atom is 0.338 e. The highest BCUT2D eigenvalue weighted by Crippen LogP contribution is 2.28. The van der Waals surface area contributed by atoms with E-state index in [0.29, 0.717) is 22.6 Å². The number of ether oxygens (including phenoxy) is 1. The molecule has 2 aromatic carbocycles. The number of nitro benzene ring substituents is 1. The van der Waals surface area contributed by atoms with Gasteiger partial charge in [-0.1, -0.05) is 6.92 Å². The number of hydrogen-bond acceptors (Lipinski definition) is 7. The molecular weight excluding hydrogens is 384 g/mol. The van der Waals surface area contributed by atoms with Crippen molar-refractivity contribution in [1.82, 2.24) is 0 Å². The largest absolute Gasteiger partial charge is 0.454 e. The first-order valence-corrected chi connectivity index (χ1v) is 9.50. The van der Waals surface area contributed by atoms with E-state index < -0.39 is 23.3 Å². The molecule has 0 aromatic heterocycles. The standard InChI is InChI=1S/C19H18N2O6S/c1-3-18(23)20-14-7-4-12(5-8-14)16(22)11-27-19(24)13-6-9-17(28-2)15(10-13)21(25)26/h4-10H,3,11H2,1-2H3,(H,20,23). The fourth-order valence-electron chi connectivity index (χ4n) is 2.25. The van der Waals surface area contributed by atoms with Gasteiger partial charge >= 0.3 is 5.97 Å². The Bertz CT molecular complexity index is 911. The Morgan fingerprint density at radius 3 is 2.32 bits per heavy atom. The van der Waals surface area contributed by atoms with Crippen molar-refractivity contribution in [2.24, 2.45) is 0 Å². The van der Waals surface area contributed by atoms with Gasteiger partial charge in [0.05, 0.1) is 15.4 Å². The van der Waals surface area contributed by atoms with E-state index in [2.05, 4.69) is 5.32 Å². The first kappa shape index (κ1) is 21.1. The smallest absolute Gasteiger partial charge is 0.338 e. The maximum absolute atomic E-state index is 12.2. The number of nitrogens with one attached hydrogen (secondary N) is 1. The van der Waals surface area contributed by atoms with Crippen molar-refractivity contribution in [1.29, 1.82) is 0 Å². The number of carbonyl (C=O) groups excluding carboxylic acids is 3. The van der Waals surface area contributed by atoms with Crippen molar-refractivity contribution >= 4 is 40.8 Å². The molecule has 2 aromatic rings. The van der Waals surface area contributed by atoms with Gasteiger partial charge in [-0.2, -0.15) is 0 Å². The molecule has 0 saturated carbocycles. The summed E-state index contributed by atoms with van der Waals surface area (Å²) in [6, 6.07) is 10.2. The van der Waals surface area contributed by atoms with E-state index in [-0.39, 0.29) is 17.2 Å². The quantitative estimate of drug-likeness (QED) is 0.235. The Morgan fingerprint density at radius 2 is 1.75 bits per heavy atom. The second kappa shape index (κ2) is 9.65. The monoisotopic (exact) mass is 402 g/mol. The number of thioether (sulfide) groups is 1. The first-order valence-electron chi connectivity index (χ1n) is 8.28. The maximum atomic E-state index is 12.2. The van der Waals surface area contributed by atoms with Crippen molar-refractivity contribution in [3.63, 3.8) is 0 Å². The zero-order valence-electron chi connectivity index (χ0n) is 15.3. The Balaban J connectivity index is 2.00. The molecule has 28 heavy (non-hydrogen) atoms. The number of benzene rings is 2. The van der Waals surface area contributed by atoms with Crippen LogP contribution in [0.25, 0.3) is 0 Å². The van der Waals surface area contributed by atoms with Gasteiger partial charge in [0.2, 0.25) is 5.91 Å². The normalized spacial score (nSPS) is 10.2. The molecule has 0 heterocycles. The highest BCUT2D eigenvalue weighted by atomic mass is 32.2. The summed E-state index contributed by atoms with van der Waals surface area (Å²) >= 11 is 1.19. The molecule has 0 aliphatic heterocycles. The molecule has 0 fully saturated rings. The summed E-state index contributed by atoms with van der Waals surface area (Å²) in [7, 11) is 0. The summed E-state index contributed by atoms with van der Waals surface area (Å²) < 4.78 is 4.98. The molecule has 1 amide bonds. The number of nitro groups is 1. The third kappa shape index (κ3) is 5.40. The Kier molecular flexibility index (Phi) is 7.28. The molecule has 2 rings (SSSR count). The number of ketones is 1. The number of esters is 1. The molecule has 0 spiro atoms. The van der Waals surface area contributed by atoms with Gasteiger partial charge in [-0.3, -0.25) is 19.7 Å². The van der Waals surface area contributed by atoms with Crippen LogP contribution >= 0.6 is 11.8 Å². The van der Waals surface area contributed by atoms with Gasteiger partial charge < -0.3 is 10.1 Å². The van der Waals surface area contributed by atoms with Crippen LogP contribution in [-0.4, -0.2) is 35.4 Å². The highest BCUT2D eigenvalue weighted by molar-refractivity contribution is 7.98. The first-order chi connectivity index (χ1) is 13.3. The SMILES string of the molecule is CCC(=O)Nc1ccc(C(=O)COC(=O)c2ccc(SC)c([N+](=O)[O-])c2)cc1. The fraction of sp³-hybridized carbons (Fsp3) is 0.211. The highest BCUT2D eigenvalue weighted by Gasteiger charge is 2.19. The molecule has 0 aliphatic carbocycles. The second-order valence-electron chi connectivity index (χ2n) is 5.62. The van der Waals surface area contributed by atoms with Gasteiger partial charge in [0.25, 0.3) is 5.69 Å². The number of anilines is 1. The van der Waals surface area contributed by atoms with Crippen LogP contribution in [0.15, 0.2) is 47.4 Å². The predicted octanol–water partition coefficient (Wildman–Crippen LogP) is 3.70. The average Bonchev–Trinajstić information content (AvgIpc) is 2.71. The lowest BCUT2D eigenvalue weighted by Gasteiger charge is -2.07. The third-order valence-corrected chi connectivity index (χ3v) is 4.54. The average molecular weight is 402 g/mol. The zero-order valence-corrected chi connectivity index (χ0v) is 16.1. The van der Waals surface area contributed by atoms with Crippen LogP contribution in [0.4, 0.5) is 11.4 Å². The minimum Gasteiger partial charge on any atom is -0.454 e. The number of rotatable bonds is 8. The zero-order chi connectivity index (χ0) is 20.7. The number of hydrogen-bond donors (Lipinski definition) is 1. The Morgan fingerprint density at radius 1 is 1.11 bits per heavy atom. The number of carbonyl (C=O) groups is 3. The van der Waals surface area contributed by atoms with Gasteiger partial charge in [-0.15, -0.1) is 11.8 Å². The number of Topliss-reactive ketones (excluding diaryl/α,β-unsaturated/α-hetero) is 1. The summed E-state index contributed by atoms with van der Waals surface area (Å²) in [6.45, 7) is 1.22. The molecule has 0 atom stereocenters. The summed E-state index contributed by atoms with van der Waals surface area (Å²) in [5, 5.41) is 13.7. The van der Waals surface area contributed by atoms with Gasteiger partial charge in [0, 0.05) is 23.7 Å². The summed E-state index contributed by atoms with van der Waals surface area (Å²) in [4.78, 5) is 46.5. The van der Waals surface area contributed by atoms with Gasteiger partial charge in [-0.05, 0) is 42.7 Å². The van der Waals surface area contributed by atoms with E-state index in [1.54, 1.807) is 25.3 Å². The number of amides is 1. The Labute approximate surface area is 165 Å². The second-order valence-corrected chi connectivity index (χ2v) is 6.47. The minimum absolute atomic E-state index is 0.00470. The van der Waals surface area contributed by atoms with E-state index in [0.717, 1.165) is 6.07 Å². The van der Waals surface area contributed by atoms with Crippen LogP contribution in [0, 0.1) is 10.1 Å². The van der Waals surface area contributed by atoms with E-state index in [9.17, 15) is 24.5 Å².